The van der Waals surface area contributed by atoms with Crippen molar-refractivity contribution in [2.75, 3.05) is 44.5 Å². The van der Waals surface area contributed by atoms with E-state index >= 15 is 0 Å². The fourth-order valence-corrected chi connectivity index (χ4v) is 3.96. The van der Waals surface area contributed by atoms with E-state index in [-0.39, 0.29) is 0 Å². The van der Waals surface area contributed by atoms with E-state index in [4.69, 9.17) is 9.47 Å². The number of benzene rings is 1. The van der Waals surface area contributed by atoms with Crippen LogP contribution in [0.3, 0.4) is 0 Å². The Morgan fingerprint density at radius 1 is 1.14 bits per heavy atom. The molecule has 7 heteroatoms. The highest BCUT2D eigenvalue weighted by Gasteiger charge is 2.32. The zero-order valence-corrected chi connectivity index (χ0v) is 17.6. The maximum Gasteiger partial charge on any atom is 0.229 e. The van der Waals surface area contributed by atoms with E-state index in [0.717, 1.165) is 41.3 Å². The summed E-state index contributed by atoms with van der Waals surface area (Å²) >= 11 is 0. The lowest BCUT2D eigenvalue weighted by molar-refractivity contribution is 0.123. The van der Waals surface area contributed by atoms with Crippen molar-refractivity contribution < 1.29 is 9.47 Å². The summed E-state index contributed by atoms with van der Waals surface area (Å²) < 4.78 is 11.7. The van der Waals surface area contributed by atoms with Crippen molar-refractivity contribution in [3.05, 3.63) is 30.0 Å². The lowest BCUT2D eigenvalue weighted by Gasteiger charge is -2.32. The molecular formula is C22H31N5O2. The monoisotopic (exact) mass is 397 g/mol. The fraction of sp³-hybridized carbons (Fsp3) is 0.545. The minimum absolute atomic E-state index is 0.554. The van der Waals surface area contributed by atoms with Gasteiger partial charge in [0.1, 0.15) is 5.82 Å². The number of aryl methyl sites for hydroxylation is 1. The quantitative estimate of drug-likeness (QED) is 0.701. The molecular weight excluding hydrogens is 366 g/mol. The molecule has 2 heterocycles. The average Bonchev–Trinajstić information content (AvgIpc) is 3.57. The van der Waals surface area contributed by atoms with Crippen molar-refractivity contribution in [2.45, 2.75) is 38.6 Å². The molecule has 2 aromatic rings. The van der Waals surface area contributed by atoms with Crippen LogP contribution in [0.1, 0.15) is 31.4 Å². The topological polar surface area (TPSA) is 71.5 Å². The van der Waals surface area contributed by atoms with Crippen LogP contribution in [0.4, 0.5) is 17.5 Å². The Bertz CT molecular complexity index is 840. The van der Waals surface area contributed by atoms with Crippen LogP contribution in [0, 0.1) is 12.8 Å². The van der Waals surface area contributed by atoms with Gasteiger partial charge in [0.05, 0.1) is 13.7 Å². The zero-order valence-electron chi connectivity index (χ0n) is 17.6. The number of rotatable bonds is 8. The molecule has 1 atom stereocenters. The van der Waals surface area contributed by atoms with E-state index in [9.17, 15) is 0 Å². The highest BCUT2D eigenvalue weighted by molar-refractivity contribution is 5.60. The molecule has 0 unspecified atom stereocenters. The first-order valence-electron chi connectivity index (χ1n) is 10.5. The van der Waals surface area contributed by atoms with Crippen molar-refractivity contribution in [1.29, 1.82) is 0 Å². The second-order valence-electron chi connectivity index (χ2n) is 8.00. The number of hydrogen-bond donors (Lipinski definition) is 2. The largest absolute Gasteiger partial charge is 0.493 e. The number of nitrogens with one attached hydrogen (secondary N) is 2. The Hall–Kier alpha value is -2.54. The third kappa shape index (κ3) is 5.09. The third-order valence-corrected chi connectivity index (χ3v) is 5.62. The minimum atomic E-state index is 0.554. The van der Waals surface area contributed by atoms with Gasteiger partial charge in [0.2, 0.25) is 5.95 Å². The van der Waals surface area contributed by atoms with E-state index in [1.807, 2.05) is 38.2 Å². The van der Waals surface area contributed by atoms with Crippen molar-refractivity contribution in [3.8, 4) is 11.5 Å². The zero-order chi connectivity index (χ0) is 20.2. The van der Waals surface area contributed by atoms with Crippen molar-refractivity contribution in [3.63, 3.8) is 0 Å². The minimum Gasteiger partial charge on any atom is -0.493 e. The van der Waals surface area contributed by atoms with E-state index < -0.39 is 0 Å². The SMILES string of the molecule is CNc1cc(C)nc(Nc2ccc(OC)c(OC[C@H]3CCCN(C4CC4)C3)c2)n1. The maximum absolute atomic E-state index is 6.22. The van der Waals surface area contributed by atoms with Gasteiger partial charge in [0.15, 0.2) is 11.5 Å². The smallest absolute Gasteiger partial charge is 0.229 e. The molecule has 2 N–H and O–H groups in total. The van der Waals surface area contributed by atoms with Crippen molar-refractivity contribution >= 4 is 17.5 Å². The summed E-state index contributed by atoms with van der Waals surface area (Å²) in [5.41, 5.74) is 1.77. The Morgan fingerprint density at radius 3 is 2.76 bits per heavy atom. The third-order valence-electron chi connectivity index (χ3n) is 5.62. The van der Waals surface area contributed by atoms with Crippen molar-refractivity contribution in [1.82, 2.24) is 14.9 Å². The molecule has 156 valence electrons. The van der Waals surface area contributed by atoms with Crippen LogP contribution >= 0.6 is 0 Å². The van der Waals surface area contributed by atoms with Gasteiger partial charge in [-0.2, -0.15) is 4.98 Å². The number of piperidine rings is 1. The van der Waals surface area contributed by atoms with Crippen LogP contribution in [0.5, 0.6) is 11.5 Å². The average molecular weight is 398 g/mol. The summed E-state index contributed by atoms with van der Waals surface area (Å²) in [6.45, 7) is 5.06. The molecule has 1 aromatic carbocycles. The van der Waals surface area contributed by atoms with Crippen LogP contribution in [0.15, 0.2) is 24.3 Å². The molecule has 2 aliphatic rings. The number of hydrogen-bond acceptors (Lipinski definition) is 7. The van der Waals surface area contributed by atoms with Crippen LogP contribution in [0.25, 0.3) is 0 Å². The molecule has 1 aliphatic heterocycles. The van der Waals surface area contributed by atoms with E-state index in [0.29, 0.717) is 18.5 Å². The molecule has 1 aromatic heterocycles. The van der Waals surface area contributed by atoms with Gasteiger partial charge in [-0.25, -0.2) is 4.98 Å². The number of ether oxygens (including phenoxy) is 2. The first-order valence-corrected chi connectivity index (χ1v) is 10.5. The number of likely N-dealkylation sites (tertiary alicyclic amines) is 1. The fourth-order valence-electron chi connectivity index (χ4n) is 3.96. The van der Waals surface area contributed by atoms with Crippen LogP contribution in [0.2, 0.25) is 0 Å². The highest BCUT2D eigenvalue weighted by Crippen LogP contribution is 2.34. The van der Waals surface area contributed by atoms with Gasteiger partial charge >= 0.3 is 0 Å². The maximum atomic E-state index is 6.22. The molecule has 2 fully saturated rings. The summed E-state index contributed by atoms with van der Waals surface area (Å²) in [5.74, 6) is 3.40. The van der Waals surface area contributed by atoms with E-state index in [1.54, 1.807) is 7.11 Å². The molecule has 0 spiro atoms. The van der Waals surface area contributed by atoms with Gasteiger partial charge in [0.25, 0.3) is 0 Å². The highest BCUT2D eigenvalue weighted by atomic mass is 16.5. The molecule has 0 bridgehead atoms. The number of anilines is 3. The summed E-state index contributed by atoms with van der Waals surface area (Å²) in [6.07, 6.45) is 5.23. The molecule has 29 heavy (non-hydrogen) atoms. The van der Waals surface area contributed by atoms with Gasteiger partial charge in [-0.15, -0.1) is 0 Å². The summed E-state index contributed by atoms with van der Waals surface area (Å²) in [6, 6.07) is 8.57. The Labute approximate surface area is 172 Å². The van der Waals surface area contributed by atoms with Crippen LogP contribution in [-0.4, -0.2) is 54.8 Å². The second kappa shape index (κ2) is 8.86. The molecule has 0 radical (unpaired) electrons. The summed E-state index contributed by atoms with van der Waals surface area (Å²) in [5, 5.41) is 6.33. The molecule has 1 aliphatic carbocycles. The van der Waals surface area contributed by atoms with Crippen LogP contribution < -0.4 is 20.1 Å². The first-order chi connectivity index (χ1) is 14.1. The van der Waals surface area contributed by atoms with Crippen molar-refractivity contribution in [2.24, 2.45) is 5.92 Å². The Balaban J connectivity index is 1.43. The lowest BCUT2D eigenvalue weighted by Crippen LogP contribution is -2.39. The van der Waals surface area contributed by atoms with Crippen LogP contribution in [-0.2, 0) is 0 Å². The predicted molar refractivity (Wildman–Crippen MR) is 115 cm³/mol. The molecule has 1 saturated carbocycles. The van der Waals surface area contributed by atoms with Gasteiger partial charge in [-0.3, -0.25) is 4.90 Å². The summed E-state index contributed by atoms with van der Waals surface area (Å²) in [4.78, 5) is 11.6. The summed E-state index contributed by atoms with van der Waals surface area (Å²) in [7, 11) is 3.52. The first kappa shape index (κ1) is 19.8. The normalized spacial score (nSPS) is 19.6. The van der Waals surface area contributed by atoms with E-state index in [1.165, 1.54) is 32.2 Å². The molecule has 4 rings (SSSR count). The standard InChI is InChI=1S/C22H31N5O2/c1-15-11-21(23-2)26-22(24-15)25-17-6-9-19(28-3)20(12-17)29-14-16-5-4-10-27(13-16)18-7-8-18/h6,9,11-12,16,18H,4-5,7-8,10,13-14H2,1-3H3,(H2,23,24,25,26)/t16-/m0/s1. The van der Waals surface area contributed by atoms with Gasteiger partial charge in [0, 0.05) is 49.1 Å². The van der Waals surface area contributed by atoms with E-state index in [2.05, 4.69) is 25.5 Å². The second-order valence-corrected chi connectivity index (χ2v) is 8.00. The number of aromatic nitrogens is 2. The predicted octanol–water partition coefficient (Wildman–Crippen LogP) is 3.83. The molecule has 7 nitrogen and oxygen atoms in total. The lowest BCUT2D eigenvalue weighted by atomic mass is 9.99. The Morgan fingerprint density at radius 2 is 2.00 bits per heavy atom. The molecule has 1 saturated heterocycles. The molecule has 0 amide bonds. The van der Waals surface area contributed by atoms with Gasteiger partial charge < -0.3 is 20.1 Å². The Kier molecular flexibility index (Phi) is 6.04. The van der Waals surface area contributed by atoms with Gasteiger partial charge in [-0.1, -0.05) is 0 Å². The van der Waals surface area contributed by atoms with Gasteiger partial charge in [-0.05, 0) is 51.3 Å². The number of nitrogens with zero attached hydrogens (tertiary/aromatic N) is 3. The number of methoxy groups -OCH3 is 1.